The Morgan fingerprint density at radius 3 is 2.57 bits per heavy atom. The van der Waals surface area contributed by atoms with E-state index in [9.17, 15) is 14.3 Å². The Labute approximate surface area is 82.9 Å². The molecule has 1 fully saturated rings. The SMILES string of the molecule is CC1CCC(C)C(O)(C(F)C(=O)O)C1. The summed E-state index contributed by atoms with van der Waals surface area (Å²) in [6.07, 6.45) is -0.316. The van der Waals surface area contributed by atoms with Crippen LogP contribution >= 0.6 is 0 Å². The Hall–Kier alpha value is -0.640. The molecular formula is C10H17FO3. The van der Waals surface area contributed by atoms with Crippen LogP contribution in [0.1, 0.15) is 33.1 Å². The lowest BCUT2D eigenvalue weighted by atomic mass is 9.70. The Balaban J connectivity index is 2.83. The van der Waals surface area contributed by atoms with E-state index in [4.69, 9.17) is 5.11 Å². The molecule has 0 aromatic heterocycles. The monoisotopic (exact) mass is 204 g/mol. The average molecular weight is 204 g/mol. The predicted molar refractivity (Wildman–Crippen MR) is 49.7 cm³/mol. The molecule has 0 heterocycles. The molecule has 0 aromatic carbocycles. The fraction of sp³-hybridized carbons (Fsp3) is 0.900. The van der Waals surface area contributed by atoms with Gasteiger partial charge in [-0.3, -0.25) is 0 Å². The minimum absolute atomic E-state index is 0.189. The van der Waals surface area contributed by atoms with Gasteiger partial charge in [-0.1, -0.05) is 20.3 Å². The average Bonchev–Trinajstić information content (AvgIpc) is 2.10. The van der Waals surface area contributed by atoms with Crippen LogP contribution in [0.5, 0.6) is 0 Å². The molecule has 1 aliphatic rings. The van der Waals surface area contributed by atoms with Crippen molar-refractivity contribution in [3.8, 4) is 0 Å². The predicted octanol–water partition coefficient (Wildman–Crippen LogP) is 1.60. The second-order valence-electron chi connectivity index (χ2n) is 4.48. The number of hydrogen-bond donors (Lipinski definition) is 2. The minimum atomic E-state index is -2.17. The fourth-order valence-corrected chi connectivity index (χ4v) is 2.21. The molecule has 0 bridgehead atoms. The van der Waals surface area contributed by atoms with Crippen LogP contribution in [-0.4, -0.2) is 28.0 Å². The standard InChI is InChI=1S/C10H17FO3/c1-6-3-4-7(2)10(14,5-6)8(11)9(12)13/h6-8,14H,3-5H2,1-2H3,(H,12,13). The number of alkyl halides is 1. The molecule has 1 aliphatic carbocycles. The van der Waals surface area contributed by atoms with Gasteiger partial charge < -0.3 is 10.2 Å². The lowest BCUT2D eigenvalue weighted by Crippen LogP contribution is -2.52. The van der Waals surface area contributed by atoms with E-state index in [2.05, 4.69) is 0 Å². The van der Waals surface area contributed by atoms with E-state index in [1.54, 1.807) is 6.92 Å². The van der Waals surface area contributed by atoms with Gasteiger partial charge in [0.25, 0.3) is 0 Å². The van der Waals surface area contributed by atoms with E-state index >= 15 is 0 Å². The van der Waals surface area contributed by atoms with Crippen molar-refractivity contribution in [1.82, 2.24) is 0 Å². The van der Waals surface area contributed by atoms with E-state index in [1.807, 2.05) is 6.92 Å². The van der Waals surface area contributed by atoms with Crippen LogP contribution in [0.2, 0.25) is 0 Å². The van der Waals surface area contributed by atoms with Crippen LogP contribution in [-0.2, 0) is 4.79 Å². The summed E-state index contributed by atoms with van der Waals surface area (Å²) in [6.45, 7) is 3.62. The summed E-state index contributed by atoms with van der Waals surface area (Å²) in [5.74, 6) is -1.66. The number of carbonyl (C=O) groups is 1. The summed E-state index contributed by atoms with van der Waals surface area (Å²) in [4.78, 5) is 10.5. The Morgan fingerprint density at radius 2 is 2.07 bits per heavy atom. The smallest absolute Gasteiger partial charge is 0.341 e. The summed E-state index contributed by atoms with van der Waals surface area (Å²) in [7, 11) is 0. The largest absolute Gasteiger partial charge is 0.479 e. The number of hydrogen-bond acceptors (Lipinski definition) is 2. The second kappa shape index (κ2) is 3.85. The van der Waals surface area contributed by atoms with E-state index in [1.165, 1.54) is 0 Å². The van der Waals surface area contributed by atoms with Crippen molar-refractivity contribution < 1.29 is 19.4 Å². The molecule has 0 aromatic rings. The van der Waals surface area contributed by atoms with Crippen LogP contribution in [0.15, 0.2) is 0 Å². The fourth-order valence-electron chi connectivity index (χ4n) is 2.21. The van der Waals surface area contributed by atoms with Gasteiger partial charge in [-0.2, -0.15) is 0 Å². The number of rotatable bonds is 2. The minimum Gasteiger partial charge on any atom is -0.479 e. The first-order valence-electron chi connectivity index (χ1n) is 4.97. The van der Waals surface area contributed by atoms with Crippen LogP contribution in [0, 0.1) is 11.8 Å². The molecule has 4 atom stereocenters. The third-order valence-corrected chi connectivity index (χ3v) is 3.28. The number of carboxylic acid groups (broad SMARTS) is 1. The summed E-state index contributed by atoms with van der Waals surface area (Å²) >= 11 is 0. The molecule has 0 radical (unpaired) electrons. The van der Waals surface area contributed by atoms with Gasteiger partial charge in [-0.05, 0) is 24.7 Å². The van der Waals surface area contributed by atoms with Crippen molar-refractivity contribution in [3.63, 3.8) is 0 Å². The third kappa shape index (κ3) is 1.90. The van der Waals surface area contributed by atoms with Crippen LogP contribution in [0.3, 0.4) is 0 Å². The molecule has 14 heavy (non-hydrogen) atoms. The maximum atomic E-state index is 13.4. The summed E-state index contributed by atoms with van der Waals surface area (Å²) in [5.41, 5.74) is -1.68. The van der Waals surface area contributed by atoms with Crippen molar-refractivity contribution >= 4 is 5.97 Å². The molecule has 1 saturated carbocycles. The summed E-state index contributed by atoms with van der Waals surface area (Å²) < 4.78 is 13.4. The molecule has 82 valence electrons. The molecule has 4 heteroatoms. The molecule has 0 saturated heterocycles. The second-order valence-corrected chi connectivity index (χ2v) is 4.48. The van der Waals surface area contributed by atoms with E-state index in [0.717, 1.165) is 6.42 Å². The van der Waals surface area contributed by atoms with E-state index < -0.39 is 17.7 Å². The van der Waals surface area contributed by atoms with Crippen LogP contribution in [0.25, 0.3) is 0 Å². The molecule has 0 aliphatic heterocycles. The maximum Gasteiger partial charge on any atom is 0.341 e. The third-order valence-electron chi connectivity index (χ3n) is 3.28. The van der Waals surface area contributed by atoms with Gasteiger partial charge in [0.1, 0.15) is 5.60 Å². The Kier molecular flexibility index (Phi) is 3.14. The number of carboxylic acids is 1. The van der Waals surface area contributed by atoms with Gasteiger partial charge in [-0.25, -0.2) is 9.18 Å². The van der Waals surface area contributed by atoms with Gasteiger partial charge >= 0.3 is 5.97 Å². The zero-order valence-corrected chi connectivity index (χ0v) is 8.53. The van der Waals surface area contributed by atoms with Crippen molar-refractivity contribution in [2.45, 2.75) is 44.9 Å². The van der Waals surface area contributed by atoms with Gasteiger partial charge in [0.2, 0.25) is 6.17 Å². The number of halogens is 1. The van der Waals surface area contributed by atoms with Gasteiger partial charge in [-0.15, -0.1) is 0 Å². The molecular weight excluding hydrogens is 187 g/mol. The summed E-state index contributed by atoms with van der Waals surface area (Å²) in [5, 5.41) is 18.6. The molecule has 4 unspecified atom stereocenters. The quantitative estimate of drug-likeness (QED) is 0.718. The lowest BCUT2D eigenvalue weighted by molar-refractivity contribution is -0.165. The number of aliphatic carboxylic acids is 1. The zero-order chi connectivity index (χ0) is 10.9. The van der Waals surface area contributed by atoms with Crippen molar-refractivity contribution in [2.24, 2.45) is 11.8 Å². The molecule has 2 N–H and O–H groups in total. The van der Waals surface area contributed by atoms with Crippen molar-refractivity contribution in [2.75, 3.05) is 0 Å². The van der Waals surface area contributed by atoms with E-state index in [-0.39, 0.29) is 18.3 Å². The van der Waals surface area contributed by atoms with Crippen molar-refractivity contribution in [3.05, 3.63) is 0 Å². The zero-order valence-electron chi connectivity index (χ0n) is 8.53. The highest BCUT2D eigenvalue weighted by Gasteiger charge is 2.49. The molecule has 0 amide bonds. The molecule has 0 spiro atoms. The molecule has 3 nitrogen and oxygen atoms in total. The van der Waals surface area contributed by atoms with E-state index in [0.29, 0.717) is 6.42 Å². The van der Waals surface area contributed by atoms with Crippen LogP contribution < -0.4 is 0 Å². The Morgan fingerprint density at radius 1 is 1.50 bits per heavy atom. The first kappa shape index (κ1) is 11.4. The highest BCUT2D eigenvalue weighted by atomic mass is 19.1. The van der Waals surface area contributed by atoms with Gasteiger partial charge in [0, 0.05) is 0 Å². The van der Waals surface area contributed by atoms with Crippen LogP contribution in [0.4, 0.5) is 4.39 Å². The summed E-state index contributed by atoms with van der Waals surface area (Å²) in [6, 6.07) is 0. The van der Waals surface area contributed by atoms with Gasteiger partial charge in [0.15, 0.2) is 0 Å². The highest BCUT2D eigenvalue weighted by molar-refractivity contribution is 5.73. The Bertz CT molecular complexity index is 231. The maximum absolute atomic E-state index is 13.4. The van der Waals surface area contributed by atoms with Gasteiger partial charge in [0.05, 0.1) is 0 Å². The first-order valence-corrected chi connectivity index (χ1v) is 4.97. The first-order chi connectivity index (χ1) is 6.38. The normalized spacial score (nSPS) is 40.6. The molecule has 1 rings (SSSR count). The highest BCUT2D eigenvalue weighted by Crippen LogP contribution is 2.40. The lowest BCUT2D eigenvalue weighted by Gasteiger charge is -2.41. The number of aliphatic hydroxyl groups is 1. The topological polar surface area (TPSA) is 57.5 Å². The van der Waals surface area contributed by atoms with Crippen molar-refractivity contribution in [1.29, 1.82) is 0 Å².